The van der Waals surface area contributed by atoms with Gasteiger partial charge in [0.05, 0.1) is 12.1 Å². The van der Waals surface area contributed by atoms with E-state index in [0.717, 1.165) is 6.42 Å². The fraction of sp³-hybridized carbons (Fsp3) is 0.688. The molecule has 2 atom stereocenters. The molecule has 1 aromatic heterocycles. The van der Waals surface area contributed by atoms with Crippen molar-refractivity contribution in [3.63, 3.8) is 0 Å². The fourth-order valence-corrected chi connectivity index (χ4v) is 3.20. The van der Waals surface area contributed by atoms with Crippen molar-refractivity contribution in [3.05, 3.63) is 23.7 Å². The first-order valence-corrected chi connectivity index (χ1v) is 7.50. The first-order valence-electron chi connectivity index (χ1n) is 7.50. The van der Waals surface area contributed by atoms with Gasteiger partial charge in [-0.1, -0.05) is 33.6 Å². The van der Waals surface area contributed by atoms with Gasteiger partial charge in [-0.05, 0) is 30.2 Å². The molecule has 0 aliphatic heterocycles. The first-order chi connectivity index (χ1) is 9.41. The summed E-state index contributed by atoms with van der Waals surface area (Å²) in [7, 11) is 0. The van der Waals surface area contributed by atoms with E-state index in [9.17, 15) is 4.79 Å². The quantitative estimate of drug-likeness (QED) is 0.892. The molecule has 20 heavy (non-hydrogen) atoms. The van der Waals surface area contributed by atoms with Crippen LogP contribution in [0.15, 0.2) is 16.7 Å². The van der Waals surface area contributed by atoms with E-state index in [1.165, 1.54) is 25.5 Å². The van der Waals surface area contributed by atoms with Gasteiger partial charge >= 0.3 is 0 Å². The molecule has 1 amide bonds. The third-order valence-electron chi connectivity index (χ3n) is 4.31. The van der Waals surface area contributed by atoms with Crippen LogP contribution in [0.1, 0.15) is 62.6 Å². The molecular formula is C16H26N2O2. The topological polar surface area (TPSA) is 68.3 Å². The number of carbonyl (C=O) groups is 1. The van der Waals surface area contributed by atoms with Crippen LogP contribution < -0.4 is 11.1 Å². The maximum atomic E-state index is 12.3. The lowest BCUT2D eigenvalue weighted by Gasteiger charge is -2.40. The second-order valence-corrected chi connectivity index (χ2v) is 6.84. The highest BCUT2D eigenvalue weighted by Gasteiger charge is 2.35. The largest absolute Gasteiger partial charge is 0.467 e. The normalized spacial score (nSPS) is 23.6. The second kappa shape index (κ2) is 6.00. The summed E-state index contributed by atoms with van der Waals surface area (Å²) in [6, 6.07) is 1.98. The van der Waals surface area contributed by atoms with Crippen molar-refractivity contribution in [2.75, 3.05) is 0 Å². The fourth-order valence-electron chi connectivity index (χ4n) is 3.20. The Bertz CT molecular complexity index is 459. The molecule has 4 heteroatoms. The summed E-state index contributed by atoms with van der Waals surface area (Å²) >= 11 is 0. The van der Waals surface area contributed by atoms with Crippen molar-refractivity contribution in [2.45, 2.75) is 59.0 Å². The van der Waals surface area contributed by atoms with Gasteiger partial charge in [0.15, 0.2) is 0 Å². The minimum atomic E-state index is -0.0467. The van der Waals surface area contributed by atoms with E-state index >= 15 is 0 Å². The average Bonchev–Trinajstić information content (AvgIpc) is 2.87. The Hall–Kier alpha value is -1.29. The van der Waals surface area contributed by atoms with Crippen LogP contribution in [-0.2, 0) is 6.54 Å². The number of furan rings is 1. The van der Waals surface area contributed by atoms with Crippen LogP contribution in [0.3, 0.4) is 0 Å². The average molecular weight is 278 g/mol. The number of hydrogen-bond acceptors (Lipinski definition) is 3. The molecular weight excluding hydrogens is 252 g/mol. The van der Waals surface area contributed by atoms with Crippen molar-refractivity contribution in [3.8, 4) is 0 Å². The number of carbonyl (C=O) groups excluding carboxylic acids is 1. The zero-order chi connectivity index (χ0) is 14.8. The summed E-state index contributed by atoms with van der Waals surface area (Å²) in [6.07, 6.45) is 6.20. The maximum absolute atomic E-state index is 12.3. The molecule has 1 aliphatic rings. The molecule has 1 aliphatic carbocycles. The predicted molar refractivity (Wildman–Crippen MR) is 79.3 cm³/mol. The van der Waals surface area contributed by atoms with Crippen LogP contribution in [0.2, 0.25) is 0 Å². The summed E-state index contributed by atoms with van der Waals surface area (Å²) in [5.74, 6) is 1.13. The zero-order valence-corrected chi connectivity index (χ0v) is 12.7. The molecule has 4 nitrogen and oxygen atoms in total. The van der Waals surface area contributed by atoms with Crippen molar-refractivity contribution in [2.24, 2.45) is 17.1 Å². The van der Waals surface area contributed by atoms with Gasteiger partial charge in [-0.15, -0.1) is 0 Å². The van der Waals surface area contributed by atoms with Crippen LogP contribution in [0.5, 0.6) is 0 Å². The first kappa shape index (κ1) is 15.1. The lowest BCUT2D eigenvalue weighted by Crippen LogP contribution is -2.46. The molecule has 1 heterocycles. The van der Waals surface area contributed by atoms with Gasteiger partial charge in [0.1, 0.15) is 12.0 Å². The molecule has 0 aromatic carbocycles. The van der Waals surface area contributed by atoms with Crippen LogP contribution >= 0.6 is 0 Å². The van der Waals surface area contributed by atoms with E-state index in [1.807, 2.05) is 0 Å². The Labute approximate surface area is 121 Å². The predicted octanol–water partition coefficient (Wildman–Crippen LogP) is 3.07. The van der Waals surface area contributed by atoms with Crippen molar-refractivity contribution < 1.29 is 9.21 Å². The number of nitrogens with two attached hydrogens (primary N) is 1. The SMILES string of the molecule is CC(C)(C)C1CCCCC1NC(=O)c1coc(CN)c1. The van der Waals surface area contributed by atoms with E-state index in [0.29, 0.717) is 23.8 Å². The Kier molecular flexibility index (Phi) is 4.53. The smallest absolute Gasteiger partial charge is 0.254 e. The highest BCUT2D eigenvalue weighted by atomic mass is 16.3. The standard InChI is InChI=1S/C16H26N2O2/c1-16(2,3)13-6-4-5-7-14(13)18-15(19)11-8-12(9-17)20-10-11/h8,10,13-14H,4-7,9,17H2,1-3H3,(H,18,19). The summed E-state index contributed by atoms with van der Waals surface area (Å²) < 4.78 is 5.23. The molecule has 1 saturated carbocycles. The monoisotopic (exact) mass is 278 g/mol. The van der Waals surface area contributed by atoms with Crippen LogP contribution in [-0.4, -0.2) is 11.9 Å². The van der Waals surface area contributed by atoms with E-state index in [1.54, 1.807) is 6.07 Å². The number of amides is 1. The highest BCUT2D eigenvalue weighted by molar-refractivity contribution is 5.94. The molecule has 1 aromatic rings. The van der Waals surface area contributed by atoms with Gasteiger partial charge in [0.25, 0.3) is 5.91 Å². The molecule has 1 fully saturated rings. The molecule has 2 rings (SSSR count). The molecule has 0 radical (unpaired) electrons. The van der Waals surface area contributed by atoms with Gasteiger partial charge < -0.3 is 15.5 Å². The van der Waals surface area contributed by atoms with Crippen LogP contribution in [0.4, 0.5) is 0 Å². The molecule has 2 unspecified atom stereocenters. The van der Waals surface area contributed by atoms with Gasteiger partial charge in [0.2, 0.25) is 0 Å². The maximum Gasteiger partial charge on any atom is 0.254 e. The number of rotatable bonds is 3. The Morgan fingerprint density at radius 1 is 1.40 bits per heavy atom. The van der Waals surface area contributed by atoms with E-state index in [-0.39, 0.29) is 17.4 Å². The highest BCUT2D eigenvalue weighted by Crippen LogP contribution is 2.38. The van der Waals surface area contributed by atoms with Gasteiger partial charge in [-0.2, -0.15) is 0 Å². The Morgan fingerprint density at radius 2 is 2.10 bits per heavy atom. The molecule has 0 bridgehead atoms. The van der Waals surface area contributed by atoms with E-state index in [4.69, 9.17) is 10.2 Å². The minimum absolute atomic E-state index is 0.0467. The third kappa shape index (κ3) is 3.42. The Morgan fingerprint density at radius 3 is 2.70 bits per heavy atom. The Balaban J connectivity index is 2.05. The lowest BCUT2D eigenvalue weighted by atomic mass is 9.69. The summed E-state index contributed by atoms with van der Waals surface area (Å²) in [4.78, 5) is 12.3. The lowest BCUT2D eigenvalue weighted by molar-refractivity contribution is 0.0829. The van der Waals surface area contributed by atoms with E-state index < -0.39 is 0 Å². The summed E-state index contributed by atoms with van der Waals surface area (Å²) in [5, 5.41) is 3.19. The van der Waals surface area contributed by atoms with Gasteiger partial charge in [-0.25, -0.2) is 0 Å². The van der Waals surface area contributed by atoms with Gasteiger partial charge in [0, 0.05) is 6.04 Å². The molecule has 0 spiro atoms. The molecule has 0 saturated heterocycles. The second-order valence-electron chi connectivity index (χ2n) is 6.84. The zero-order valence-electron chi connectivity index (χ0n) is 12.7. The van der Waals surface area contributed by atoms with Crippen molar-refractivity contribution in [1.29, 1.82) is 0 Å². The number of nitrogens with one attached hydrogen (secondary N) is 1. The van der Waals surface area contributed by atoms with Gasteiger partial charge in [-0.3, -0.25) is 4.79 Å². The van der Waals surface area contributed by atoms with Crippen molar-refractivity contribution >= 4 is 5.91 Å². The minimum Gasteiger partial charge on any atom is -0.467 e. The van der Waals surface area contributed by atoms with Crippen molar-refractivity contribution in [1.82, 2.24) is 5.32 Å². The molecule has 112 valence electrons. The van der Waals surface area contributed by atoms with E-state index in [2.05, 4.69) is 26.1 Å². The van der Waals surface area contributed by atoms with Crippen LogP contribution in [0, 0.1) is 11.3 Å². The summed E-state index contributed by atoms with van der Waals surface area (Å²) in [5.41, 5.74) is 6.29. The number of hydrogen-bond donors (Lipinski definition) is 2. The summed E-state index contributed by atoms with van der Waals surface area (Å²) in [6.45, 7) is 7.09. The third-order valence-corrected chi connectivity index (χ3v) is 4.31. The van der Waals surface area contributed by atoms with Crippen LogP contribution in [0.25, 0.3) is 0 Å². The molecule has 3 N–H and O–H groups in total.